The minimum Gasteiger partial charge on any atom is -0.350 e. The van der Waals surface area contributed by atoms with Gasteiger partial charge in [-0.15, -0.1) is 0 Å². The Kier molecular flexibility index (Phi) is 5.17. The molecular formula is C14H27N3O. The molecule has 0 heterocycles. The molecule has 0 bridgehead atoms. The summed E-state index contributed by atoms with van der Waals surface area (Å²) < 4.78 is 0. The second-order valence-electron chi connectivity index (χ2n) is 5.45. The number of hydrogen-bond acceptors (Lipinski definition) is 2. The molecule has 1 aliphatic rings. The number of nitrogens with two attached hydrogens (primary N) is 1. The molecule has 0 spiro atoms. The highest BCUT2D eigenvalue weighted by Gasteiger charge is 2.62. The first kappa shape index (κ1) is 15.0. The van der Waals surface area contributed by atoms with E-state index in [4.69, 9.17) is 5.73 Å². The Morgan fingerprint density at radius 2 is 1.83 bits per heavy atom. The molecule has 2 atom stereocenters. The van der Waals surface area contributed by atoms with Gasteiger partial charge in [-0.3, -0.25) is 0 Å². The van der Waals surface area contributed by atoms with Crippen LogP contribution in [0.15, 0.2) is 5.10 Å². The largest absolute Gasteiger partial charge is 0.350 e. The van der Waals surface area contributed by atoms with Crippen LogP contribution < -0.4 is 11.2 Å². The lowest BCUT2D eigenvalue weighted by Gasteiger charge is -2.16. The standard InChI is InChI=1S/C14H27N3O/c1-5-8-14(9-6-2)11(7-3)12(14)10(4)16-17-13(15)18/h11-12H,5-9H2,1-4H3,(H3,15,17,18)/b16-10+. The van der Waals surface area contributed by atoms with Crippen molar-refractivity contribution >= 4 is 11.7 Å². The maximum absolute atomic E-state index is 10.7. The van der Waals surface area contributed by atoms with Crippen LogP contribution in [-0.4, -0.2) is 11.7 Å². The number of urea groups is 1. The Hall–Kier alpha value is -1.06. The smallest absolute Gasteiger partial charge is 0.332 e. The minimum absolute atomic E-state index is 0.422. The Balaban J connectivity index is 2.80. The van der Waals surface area contributed by atoms with Crippen LogP contribution in [0.5, 0.6) is 0 Å². The monoisotopic (exact) mass is 253 g/mol. The van der Waals surface area contributed by atoms with Crippen molar-refractivity contribution in [3.63, 3.8) is 0 Å². The second-order valence-corrected chi connectivity index (χ2v) is 5.45. The van der Waals surface area contributed by atoms with E-state index in [2.05, 4.69) is 31.3 Å². The molecule has 1 fully saturated rings. The SMILES string of the molecule is CCCC1(CCC)C(CC)C1/C(C)=N/NC(N)=O. The van der Waals surface area contributed by atoms with Crippen molar-refractivity contribution in [2.45, 2.75) is 59.8 Å². The van der Waals surface area contributed by atoms with Gasteiger partial charge in [0.2, 0.25) is 0 Å². The lowest BCUT2D eigenvalue weighted by Crippen LogP contribution is -2.26. The second kappa shape index (κ2) is 6.21. The van der Waals surface area contributed by atoms with Gasteiger partial charge in [0, 0.05) is 11.6 Å². The van der Waals surface area contributed by atoms with Gasteiger partial charge >= 0.3 is 6.03 Å². The van der Waals surface area contributed by atoms with Gasteiger partial charge in [-0.1, -0.05) is 40.0 Å². The normalized spacial score (nSPS) is 25.9. The van der Waals surface area contributed by atoms with Gasteiger partial charge in [0.05, 0.1) is 0 Å². The summed E-state index contributed by atoms with van der Waals surface area (Å²) in [4.78, 5) is 10.7. The molecule has 1 saturated carbocycles. The molecule has 0 aromatic rings. The molecule has 4 nitrogen and oxygen atoms in total. The zero-order valence-electron chi connectivity index (χ0n) is 12.1. The molecule has 3 N–H and O–H groups in total. The summed E-state index contributed by atoms with van der Waals surface area (Å²) in [5, 5.41) is 4.14. The Morgan fingerprint density at radius 3 is 2.22 bits per heavy atom. The Morgan fingerprint density at radius 1 is 1.28 bits per heavy atom. The summed E-state index contributed by atoms with van der Waals surface area (Å²) in [5.41, 5.74) is 8.87. The lowest BCUT2D eigenvalue weighted by atomic mass is 9.89. The molecule has 4 heteroatoms. The first-order chi connectivity index (χ1) is 8.53. The van der Waals surface area contributed by atoms with Gasteiger partial charge < -0.3 is 5.73 Å². The molecule has 1 aliphatic carbocycles. The van der Waals surface area contributed by atoms with Crippen molar-refractivity contribution in [1.82, 2.24) is 5.43 Å². The van der Waals surface area contributed by atoms with Gasteiger partial charge in [0.15, 0.2) is 0 Å². The summed E-state index contributed by atoms with van der Waals surface area (Å²) in [6.07, 6.45) is 6.13. The van der Waals surface area contributed by atoms with Crippen LogP contribution in [0.3, 0.4) is 0 Å². The zero-order valence-corrected chi connectivity index (χ0v) is 12.1. The predicted molar refractivity (Wildman–Crippen MR) is 75.3 cm³/mol. The highest BCUT2D eigenvalue weighted by Crippen LogP contribution is 2.66. The van der Waals surface area contributed by atoms with Crippen LogP contribution in [0.2, 0.25) is 0 Å². The summed E-state index contributed by atoms with van der Waals surface area (Å²) in [5.74, 6) is 1.24. The van der Waals surface area contributed by atoms with E-state index in [-0.39, 0.29) is 0 Å². The van der Waals surface area contributed by atoms with Gasteiger partial charge in [0.1, 0.15) is 0 Å². The number of hydrazone groups is 1. The van der Waals surface area contributed by atoms with Crippen LogP contribution in [0.25, 0.3) is 0 Å². The fourth-order valence-corrected chi connectivity index (χ4v) is 3.88. The molecule has 0 aromatic carbocycles. The summed E-state index contributed by atoms with van der Waals surface area (Å²) in [7, 11) is 0. The molecule has 2 amide bonds. The molecule has 104 valence electrons. The zero-order chi connectivity index (χ0) is 13.8. The average molecular weight is 253 g/mol. The van der Waals surface area contributed by atoms with Gasteiger partial charge in [-0.2, -0.15) is 5.10 Å². The average Bonchev–Trinajstić information content (AvgIpc) is 2.94. The third-order valence-electron chi connectivity index (χ3n) is 4.31. The van der Waals surface area contributed by atoms with Gasteiger partial charge in [-0.25, -0.2) is 10.2 Å². The van der Waals surface area contributed by atoms with Crippen molar-refractivity contribution in [2.75, 3.05) is 0 Å². The van der Waals surface area contributed by atoms with Crippen LogP contribution in [0.1, 0.15) is 59.8 Å². The van der Waals surface area contributed by atoms with E-state index in [1.54, 1.807) is 0 Å². The van der Waals surface area contributed by atoms with Crippen molar-refractivity contribution in [1.29, 1.82) is 0 Å². The number of rotatable bonds is 7. The van der Waals surface area contributed by atoms with E-state index in [1.165, 1.54) is 32.1 Å². The van der Waals surface area contributed by atoms with Crippen molar-refractivity contribution in [3.05, 3.63) is 0 Å². The van der Waals surface area contributed by atoms with E-state index in [0.29, 0.717) is 11.3 Å². The molecule has 2 unspecified atom stereocenters. The molecular weight excluding hydrogens is 226 g/mol. The van der Waals surface area contributed by atoms with E-state index in [9.17, 15) is 4.79 Å². The third kappa shape index (κ3) is 2.85. The fraction of sp³-hybridized carbons (Fsp3) is 0.857. The van der Waals surface area contributed by atoms with E-state index >= 15 is 0 Å². The highest BCUT2D eigenvalue weighted by atomic mass is 16.2. The number of primary amides is 1. The van der Waals surface area contributed by atoms with Crippen molar-refractivity contribution < 1.29 is 4.79 Å². The number of nitrogens with one attached hydrogen (secondary N) is 1. The number of carbonyl (C=O) groups is 1. The summed E-state index contributed by atoms with van der Waals surface area (Å²) in [6, 6.07) is -0.584. The highest BCUT2D eigenvalue weighted by molar-refractivity contribution is 5.89. The van der Waals surface area contributed by atoms with Gasteiger partial charge in [0.25, 0.3) is 0 Å². The topological polar surface area (TPSA) is 67.5 Å². The van der Waals surface area contributed by atoms with Gasteiger partial charge in [-0.05, 0) is 31.1 Å². The van der Waals surface area contributed by atoms with E-state index < -0.39 is 6.03 Å². The first-order valence-corrected chi connectivity index (χ1v) is 7.13. The molecule has 0 aliphatic heterocycles. The van der Waals surface area contributed by atoms with Crippen molar-refractivity contribution in [3.8, 4) is 0 Å². The predicted octanol–water partition coefficient (Wildman–Crippen LogP) is 3.27. The van der Waals surface area contributed by atoms with E-state index in [0.717, 1.165) is 11.6 Å². The van der Waals surface area contributed by atoms with Crippen molar-refractivity contribution in [2.24, 2.45) is 28.1 Å². The van der Waals surface area contributed by atoms with E-state index in [1.807, 2.05) is 6.92 Å². The Bertz CT molecular complexity index is 319. The summed E-state index contributed by atoms with van der Waals surface area (Å²) >= 11 is 0. The Labute approximate surface area is 110 Å². The number of carbonyl (C=O) groups excluding carboxylic acids is 1. The van der Waals surface area contributed by atoms with Crippen LogP contribution >= 0.6 is 0 Å². The minimum atomic E-state index is -0.584. The number of amides is 2. The molecule has 1 rings (SSSR count). The first-order valence-electron chi connectivity index (χ1n) is 7.13. The maximum Gasteiger partial charge on any atom is 0.332 e. The van der Waals surface area contributed by atoms with Crippen LogP contribution in [0, 0.1) is 17.3 Å². The molecule has 18 heavy (non-hydrogen) atoms. The van der Waals surface area contributed by atoms with Crippen LogP contribution in [0.4, 0.5) is 4.79 Å². The lowest BCUT2D eigenvalue weighted by molar-refractivity contribution is 0.249. The number of hydrogen-bond donors (Lipinski definition) is 2. The number of nitrogens with zero attached hydrogens (tertiary/aromatic N) is 1. The molecule has 0 aromatic heterocycles. The summed E-state index contributed by atoms with van der Waals surface area (Å²) in [6.45, 7) is 8.75. The van der Waals surface area contributed by atoms with Crippen LogP contribution in [-0.2, 0) is 0 Å². The quantitative estimate of drug-likeness (QED) is 0.530. The fourth-order valence-electron chi connectivity index (χ4n) is 3.88. The maximum atomic E-state index is 10.7. The molecule has 0 saturated heterocycles. The third-order valence-corrected chi connectivity index (χ3v) is 4.31. The molecule has 0 radical (unpaired) electrons.